The Hall–Kier alpha value is -1.18. The van der Waals surface area contributed by atoms with E-state index in [1.54, 1.807) is 11.8 Å². The van der Waals surface area contributed by atoms with Crippen LogP contribution in [-0.4, -0.2) is 33.7 Å². The number of halogens is 1. The van der Waals surface area contributed by atoms with E-state index >= 15 is 0 Å². The van der Waals surface area contributed by atoms with Crippen LogP contribution in [0.4, 0.5) is 10.1 Å². The zero-order valence-electron chi connectivity index (χ0n) is 12.8. The number of ether oxygens (including phenoxy) is 1. The number of nitrogens with two attached hydrogens (primary N) is 1. The Morgan fingerprint density at radius 2 is 2.00 bits per heavy atom. The largest absolute Gasteiger partial charge is 0.371 e. The second-order valence-corrected chi connectivity index (χ2v) is 7.85. The molecule has 0 radical (unpaired) electrons. The Balaban J connectivity index is 2.04. The summed E-state index contributed by atoms with van der Waals surface area (Å²) < 4.78 is 44.2. The lowest BCUT2D eigenvalue weighted by atomic mass is 10.1. The van der Waals surface area contributed by atoms with Crippen LogP contribution >= 0.6 is 0 Å². The summed E-state index contributed by atoms with van der Waals surface area (Å²) in [6.45, 7) is 4.49. The molecular formula is C15H21FN2O3S. The number of hydrogen-bond donors (Lipinski definition) is 1. The maximum Gasteiger partial charge on any atom is 0.240 e. The van der Waals surface area contributed by atoms with E-state index in [0.717, 1.165) is 12.8 Å². The van der Waals surface area contributed by atoms with Gasteiger partial charge in [0.25, 0.3) is 0 Å². The van der Waals surface area contributed by atoms with E-state index in [-0.39, 0.29) is 22.8 Å². The average Bonchev–Trinajstić information content (AvgIpc) is 3.24. The fraction of sp³-hybridized carbons (Fsp3) is 0.600. The van der Waals surface area contributed by atoms with Gasteiger partial charge in [0.1, 0.15) is 4.90 Å². The standard InChI is InChI=1S/C15H21FN2O3S/c1-9-3-6-13(22(17,19)20)15(14(9)16)18-7-10(2)21-12(8-18)11-4-5-11/h3,6,10-12H,4-5,7-8H2,1-2H3,(H2,17,19,20). The van der Waals surface area contributed by atoms with Crippen molar-refractivity contribution in [2.75, 3.05) is 18.0 Å². The molecule has 2 atom stereocenters. The molecule has 122 valence electrons. The van der Waals surface area contributed by atoms with Crippen LogP contribution in [-0.2, 0) is 14.8 Å². The lowest BCUT2D eigenvalue weighted by molar-refractivity contribution is -0.0274. The molecule has 1 aliphatic heterocycles. The predicted molar refractivity (Wildman–Crippen MR) is 81.8 cm³/mol. The summed E-state index contributed by atoms with van der Waals surface area (Å²) in [7, 11) is -3.98. The van der Waals surface area contributed by atoms with E-state index in [1.165, 1.54) is 12.1 Å². The van der Waals surface area contributed by atoms with Gasteiger partial charge in [-0.3, -0.25) is 0 Å². The fourth-order valence-corrected chi connectivity index (χ4v) is 3.82. The van der Waals surface area contributed by atoms with Crippen LogP contribution in [0.1, 0.15) is 25.3 Å². The van der Waals surface area contributed by atoms with Crippen molar-refractivity contribution in [3.05, 3.63) is 23.5 Å². The number of sulfonamides is 1. The van der Waals surface area contributed by atoms with Crippen molar-refractivity contribution in [3.8, 4) is 0 Å². The molecule has 5 nitrogen and oxygen atoms in total. The molecule has 2 aliphatic rings. The second kappa shape index (κ2) is 5.47. The van der Waals surface area contributed by atoms with Gasteiger partial charge >= 0.3 is 0 Å². The van der Waals surface area contributed by atoms with E-state index in [1.807, 2.05) is 6.92 Å². The monoisotopic (exact) mass is 328 g/mol. The molecule has 1 saturated carbocycles. The molecule has 3 rings (SSSR count). The number of anilines is 1. The molecule has 1 aromatic carbocycles. The van der Waals surface area contributed by atoms with Crippen molar-refractivity contribution >= 4 is 15.7 Å². The maximum atomic E-state index is 14.6. The zero-order chi connectivity index (χ0) is 16.1. The molecule has 2 N–H and O–H groups in total. The van der Waals surface area contributed by atoms with Crippen LogP contribution in [0.15, 0.2) is 17.0 Å². The summed E-state index contributed by atoms with van der Waals surface area (Å²) in [6.07, 6.45) is 2.18. The minimum atomic E-state index is -3.98. The fourth-order valence-electron chi connectivity index (χ4n) is 3.07. The highest BCUT2D eigenvalue weighted by molar-refractivity contribution is 7.89. The first-order chi connectivity index (χ1) is 10.3. The molecule has 1 aromatic rings. The topological polar surface area (TPSA) is 72.6 Å². The predicted octanol–water partition coefficient (Wildman–Crippen LogP) is 1.79. The van der Waals surface area contributed by atoms with Gasteiger partial charge in [-0.25, -0.2) is 17.9 Å². The van der Waals surface area contributed by atoms with Gasteiger partial charge in [0.15, 0.2) is 5.82 Å². The first kappa shape index (κ1) is 15.7. The number of morpholine rings is 1. The van der Waals surface area contributed by atoms with Crippen LogP contribution < -0.4 is 10.0 Å². The van der Waals surface area contributed by atoms with Gasteiger partial charge in [0.2, 0.25) is 10.0 Å². The molecule has 1 heterocycles. The average molecular weight is 328 g/mol. The summed E-state index contributed by atoms with van der Waals surface area (Å²) in [5.74, 6) is -0.0220. The highest BCUT2D eigenvalue weighted by atomic mass is 32.2. The van der Waals surface area contributed by atoms with Gasteiger partial charge in [-0.2, -0.15) is 0 Å². The summed E-state index contributed by atoms with van der Waals surface area (Å²) in [5.41, 5.74) is 0.493. The molecule has 2 fully saturated rings. The van der Waals surface area contributed by atoms with Crippen molar-refractivity contribution < 1.29 is 17.5 Å². The number of hydrogen-bond acceptors (Lipinski definition) is 4. The third kappa shape index (κ3) is 2.98. The summed E-state index contributed by atoms with van der Waals surface area (Å²) in [5, 5.41) is 5.27. The normalized spacial score (nSPS) is 26.3. The van der Waals surface area contributed by atoms with Crippen LogP contribution in [0.5, 0.6) is 0 Å². The molecular weight excluding hydrogens is 307 g/mol. The zero-order valence-corrected chi connectivity index (χ0v) is 13.6. The van der Waals surface area contributed by atoms with Crippen LogP contribution in [0.25, 0.3) is 0 Å². The van der Waals surface area contributed by atoms with Gasteiger partial charge in [-0.15, -0.1) is 0 Å². The van der Waals surface area contributed by atoms with Gasteiger partial charge in [-0.1, -0.05) is 6.07 Å². The summed E-state index contributed by atoms with van der Waals surface area (Å²) in [4.78, 5) is 1.62. The van der Waals surface area contributed by atoms with E-state index < -0.39 is 15.8 Å². The van der Waals surface area contributed by atoms with E-state index in [2.05, 4.69) is 0 Å². The molecule has 0 spiro atoms. The molecule has 0 aromatic heterocycles. The highest BCUT2D eigenvalue weighted by Gasteiger charge is 2.39. The molecule has 1 aliphatic carbocycles. The number of aryl methyl sites for hydroxylation is 1. The van der Waals surface area contributed by atoms with E-state index in [4.69, 9.17) is 9.88 Å². The highest BCUT2D eigenvalue weighted by Crippen LogP contribution is 2.39. The van der Waals surface area contributed by atoms with Gasteiger partial charge in [-0.05, 0) is 44.2 Å². The maximum absolute atomic E-state index is 14.6. The lowest BCUT2D eigenvalue weighted by Crippen LogP contribution is -2.48. The number of rotatable bonds is 3. The number of benzene rings is 1. The SMILES string of the molecule is Cc1ccc(S(N)(=O)=O)c(N2CC(C)OC(C3CC3)C2)c1F. The molecule has 0 bridgehead atoms. The summed E-state index contributed by atoms with van der Waals surface area (Å²) >= 11 is 0. The van der Waals surface area contributed by atoms with Crippen molar-refractivity contribution in [2.45, 2.75) is 43.8 Å². The molecule has 22 heavy (non-hydrogen) atoms. The smallest absolute Gasteiger partial charge is 0.240 e. The Bertz CT molecular complexity index is 688. The van der Waals surface area contributed by atoms with E-state index in [0.29, 0.717) is 24.6 Å². The Kier molecular flexibility index (Phi) is 3.91. The van der Waals surface area contributed by atoms with Crippen molar-refractivity contribution in [2.24, 2.45) is 11.1 Å². The van der Waals surface area contributed by atoms with Gasteiger partial charge in [0.05, 0.1) is 17.9 Å². The van der Waals surface area contributed by atoms with Gasteiger partial charge < -0.3 is 9.64 Å². The van der Waals surface area contributed by atoms with Crippen molar-refractivity contribution in [3.63, 3.8) is 0 Å². The summed E-state index contributed by atoms with van der Waals surface area (Å²) in [6, 6.07) is 2.83. The third-order valence-electron chi connectivity index (χ3n) is 4.33. The lowest BCUT2D eigenvalue weighted by Gasteiger charge is -2.39. The quantitative estimate of drug-likeness (QED) is 0.918. The molecule has 2 unspecified atom stereocenters. The van der Waals surface area contributed by atoms with Crippen LogP contribution in [0.3, 0.4) is 0 Å². The second-order valence-electron chi connectivity index (χ2n) is 6.32. The minimum Gasteiger partial charge on any atom is -0.371 e. The molecule has 7 heteroatoms. The number of nitrogens with zero attached hydrogens (tertiary/aromatic N) is 1. The Morgan fingerprint density at radius 1 is 1.32 bits per heavy atom. The van der Waals surface area contributed by atoms with Crippen molar-refractivity contribution in [1.29, 1.82) is 0 Å². The Labute approximate surface area is 130 Å². The number of primary sulfonamides is 1. The third-order valence-corrected chi connectivity index (χ3v) is 5.27. The first-order valence-electron chi connectivity index (χ1n) is 7.49. The van der Waals surface area contributed by atoms with Gasteiger partial charge in [0, 0.05) is 13.1 Å². The van der Waals surface area contributed by atoms with Crippen LogP contribution in [0.2, 0.25) is 0 Å². The Morgan fingerprint density at radius 3 is 2.59 bits per heavy atom. The van der Waals surface area contributed by atoms with Crippen LogP contribution in [0, 0.1) is 18.7 Å². The first-order valence-corrected chi connectivity index (χ1v) is 9.04. The molecule has 0 amide bonds. The van der Waals surface area contributed by atoms with E-state index in [9.17, 15) is 12.8 Å². The minimum absolute atomic E-state index is 0.0250. The molecule has 1 saturated heterocycles. The van der Waals surface area contributed by atoms with Crippen molar-refractivity contribution in [1.82, 2.24) is 0 Å².